The van der Waals surface area contributed by atoms with Crippen LogP contribution in [0.25, 0.3) is 0 Å². The van der Waals surface area contributed by atoms with Gasteiger partial charge in [-0.1, -0.05) is 6.07 Å². The van der Waals surface area contributed by atoms with E-state index in [1.807, 2.05) is 30.7 Å². The first kappa shape index (κ1) is 15.5. The van der Waals surface area contributed by atoms with Crippen LogP contribution in [-0.4, -0.2) is 52.4 Å². The van der Waals surface area contributed by atoms with Crippen LogP contribution in [-0.2, 0) is 11.8 Å². The van der Waals surface area contributed by atoms with Crippen molar-refractivity contribution in [2.45, 2.75) is 13.0 Å². The molecule has 7 heteroatoms. The second-order valence-corrected chi connectivity index (χ2v) is 5.60. The van der Waals surface area contributed by atoms with Crippen LogP contribution in [0.3, 0.4) is 0 Å². The summed E-state index contributed by atoms with van der Waals surface area (Å²) in [5.41, 5.74) is 1.62. The molecule has 1 aromatic heterocycles. The molecule has 0 spiro atoms. The first-order valence-electron chi connectivity index (χ1n) is 7.49. The molecule has 0 N–H and O–H groups in total. The maximum absolute atomic E-state index is 12.8. The zero-order valence-electron chi connectivity index (χ0n) is 13.5. The number of ether oxygens (including phenoxy) is 2. The van der Waals surface area contributed by atoms with Gasteiger partial charge in [0.2, 0.25) is 0 Å². The highest BCUT2D eigenvalue weighted by Gasteiger charge is 2.29. The maximum Gasteiger partial charge on any atom is 0.254 e. The summed E-state index contributed by atoms with van der Waals surface area (Å²) in [6.45, 7) is 3.45. The van der Waals surface area contributed by atoms with Gasteiger partial charge in [-0.3, -0.25) is 4.79 Å². The molecule has 0 unspecified atom stereocenters. The molecule has 7 nitrogen and oxygen atoms in total. The largest absolute Gasteiger partial charge is 0.496 e. The first-order valence-corrected chi connectivity index (χ1v) is 7.49. The number of amides is 1. The van der Waals surface area contributed by atoms with Gasteiger partial charge in [-0.2, -0.15) is 0 Å². The number of aromatic nitrogens is 3. The van der Waals surface area contributed by atoms with E-state index in [9.17, 15) is 4.79 Å². The highest BCUT2D eigenvalue weighted by Crippen LogP contribution is 2.24. The lowest BCUT2D eigenvalue weighted by Gasteiger charge is -2.32. The van der Waals surface area contributed by atoms with Crippen molar-refractivity contribution in [3.05, 3.63) is 41.5 Å². The van der Waals surface area contributed by atoms with Crippen LogP contribution in [0.2, 0.25) is 0 Å². The second kappa shape index (κ2) is 6.37. The molecule has 2 aromatic rings. The lowest BCUT2D eigenvalue weighted by Crippen LogP contribution is -2.42. The van der Waals surface area contributed by atoms with Gasteiger partial charge in [0.1, 0.15) is 18.2 Å². The molecule has 0 radical (unpaired) electrons. The Bertz CT molecular complexity index is 713. The predicted octanol–water partition coefficient (Wildman–Crippen LogP) is 1.35. The lowest BCUT2D eigenvalue weighted by atomic mass is 10.1. The minimum atomic E-state index is -0.257. The van der Waals surface area contributed by atoms with Crippen molar-refractivity contribution in [2.75, 3.05) is 26.8 Å². The monoisotopic (exact) mass is 316 g/mol. The van der Waals surface area contributed by atoms with E-state index in [1.165, 1.54) is 0 Å². The van der Waals surface area contributed by atoms with Gasteiger partial charge < -0.3 is 18.9 Å². The maximum atomic E-state index is 12.8. The van der Waals surface area contributed by atoms with E-state index < -0.39 is 0 Å². The number of rotatable bonds is 3. The molecule has 1 amide bonds. The molecule has 1 atom stereocenters. The minimum Gasteiger partial charge on any atom is -0.496 e. The molecule has 1 saturated heterocycles. The average molecular weight is 316 g/mol. The third-order valence-corrected chi connectivity index (χ3v) is 4.04. The van der Waals surface area contributed by atoms with Gasteiger partial charge >= 0.3 is 0 Å². The Kier molecular flexibility index (Phi) is 4.29. The third-order valence-electron chi connectivity index (χ3n) is 4.04. The van der Waals surface area contributed by atoms with Crippen molar-refractivity contribution in [2.24, 2.45) is 7.05 Å². The van der Waals surface area contributed by atoms with Gasteiger partial charge in [-0.05, 0) is 24.6 Å². The summed E-state index contributed by atoms with van der Waals surface area (Å²) in [7, 11) is 3.47. The molecule has 0 saturated carbocycles. The van der Waals surface area contributed by atoms with Gasteiger partial charge in [-0.15, -0.1) is 10.2 Å². The Hall–Kier alpha value is -2.41. The molecular weight excluding hydrogens is 296 g/mol. The SMILES string of the molecule is COc1cc(C(=O)N2CCO[C@@H](c3nncn3C)C2)ccc1C. The molecule has 2 heterocycles. The van der Waals surface area contributed by atoms with Crippen LogP contribution in [0.15, 0.2) is 24.5 Å². The number of methoxy groups -OCH3 is 1. The molecule has 3 rings (SSSR count). The van der Waals surface area contributed by atoms with Crippen molar-refractivity contribution >= 4 is 5.91 Å². The van der Waals surface area contributed by atoms with Gasteiger partial charge in [0.25, 0.3) is 5.91 Å². The van der Waals surface area contributed by atoms with Gasteiger partial charge in [0, 0.05) is 19.2 Å². The number of carbonyl (C=O) groups is 1. The number of morpholine rings is 1. The van der Waals surface area contributed by atoms with Gasteiger partial charge in [-0.25, -0.2) is 0 Å². The first-order chi connectivity index (χ1) is 11.1. The molecule has 1 aliphatic rings. The molecular formula is C16H20N4O3. The highest BCUT2D eigenvalue weighted by molar-refractivity contribution is 5.94. The summed E-state index contributed by atoms with van der Waals surface area (Å²) in [5.74, 6) is 1.41. The lowest BCUT2D eigenvalue weighted by molar-refractivity contribution is -0.0281. The van der Waals surface area contributed by atoms with Crippen LogP contribution < -0.4 is 4.74 Å². The Morgan fingerprint density at radius 2 is 2.26 bits per heavy atom. The summed E-state index contributed by atoms with van der Waals surface area (Å²) in [6, 6.07) is 5.50. The zero-order valence-corrected chi connectivity index (χ0v) is 13.5. The van der Waals surface area contributed by atoms with Crippen LogP contribution in [0.5, 0.6) is 5.75 Å². The van der Waals surface area contributed by atoms with Crippen LogP contribution >= 0.6 is 0 Å². The van der Waals surface area contributed by atoms with Crippen LogP contribution in [0, 0.1) is 6.92 Å². The Morgan fingerprint density at radius 3 is 2.96 bits per heavy atom. The van der Waals surface area contributed by atoms with Crippen molar-refractivity contribution in [3.63, 3.8) is 0 Å². The van der Waals surface area contributed by atoms with E-state index in [0.29, 0.717) is 31.0 Å². The second-order valence-electron chi connectivity index (χ2n) is 5.60. The van der Waals surface area contributed by atoms with Crippen molar-refractivity contribution in [3.8, 4) is 5.75 Å². The fourth-order valence-corrected chi connectivity index (χ4v) is 2.71. The van der Waals surface area contributed by atoms with Crippen molar-refractivity contribution in [1.82, 2.24) is 19.7 Å². The molecule has 0 aliphatic carbocycles. The number of hydrogen-bond acceptors (Lipinski definition) is 5. The number of benzene rings is 1. The number of aryl methyl sites for hydroxylation is 2. The summed E-state index contributed by atoms with van der Waals surface area (Å²) >= 11 is 0. The standard InChI is InChI=1S/C16H20N4O3/c1-11-4-5-12(8-13(11)22-3)16(21)20-6-7-23-14(9-20)15-18-17-10-19(15)2/h4-5,8,10,14H,6-7,9H2,1-3H3/t14-/m1/s1. The average Bonchev–Trinajstić information content (AvgIpc) is 3.01. The number of carbonyl (C=O) groups excluding carboxylic acids is 1. The quantitative estimate of drug-likeness (QED) is 0.855. The van der Waals surface area contributed by atoms with Crippen molar-refractivity contribution in [1.29, 1.82) is 0 Å². The fraction of sp³-hybridized carbons (Fsp3) is 0.438. The topological polar surface area (TPSA) is 69.5 Å². The predicted molar refractivity (Wildman–Crippen MR) is 83.3 cm³/mol. The van der Waals surface area contributed by atoms with Crippen LogP contribution in [0.4, 0.5) is 0 Å². The molecule has 0 bridgehead atoms. The van der Waals surface area contributed by atoms with Gasteiger partial charge in [0.05, 0.1) is 20.3 Å². The van der Waals surface area contributed by atoms with E-state index in [1.54, 1.807) is 24.4 Å². The summed E-state index contributed by atoms with van der Waals surface area (Å²) in [6.07, 6.45) is 1.37. The van der Waals surface area contributed by atoms with E-state index in [-0.39, 0.29) is 12.0 Å². The van der Waals surface area contributed by atoms with Gasteiger partial charge in [0.15, 0.2) is 5.82 Å². The molecule has 1 aromatic carbocycles. The third kappa shape index (κ3) is 3.05. The molecule has 122 valence electrons. The van der Waals surface area contributed by atoms with Crippen molar-refractivity contribution < 1.29 is 14.3 Å². The summed E-state index contributed by atoms with van der Waals surface area (Å²) in [4.78, 5) is 14.5. The summed E-state index contributed by atoms with van der Waals surface area (Å²) < 4.78 is 12.9. The van der Waals surface area contributed by atoms with E-state index in [4.69, 9.17) is 9.47 Å². The molecule has 1 aliphatic heterocycles. The Labute approximate surface area is 134 Å². The molecule has 23 heavy (non-hydrogen) atoms. The van der Waals surface area contributed by atoms with E-state index in [0.717, 1.165) is 11.4 Å². The normalized spacial score (nSPS) is 18.0. The van der Waals surface area contributed by atoms with E-state index >= 15 is 0 Å². The Morgan fingerprint density at radius 1 is 1.43 bits per heavy atom. The Balaban J connectivity index is 1.78. The number of nitrogens with zero attached hydrogens (tertiary/aromatic N) is 4. The van der Waals surface area contributed by atoms with E-state index in [2.05, 4.69) is 10.2 Å². The smallest absolute Gasteiger partial charge is 0.254 e. The number of hydrogen-bond donors (Lipinski definition) is 0. The zero-order chi connectivity index (χ0) is 16.4. The summed E-state index contributed by atoms with van der Waals surface area (Å²) in [5, 5.41) is 7.95. The minimum absolute atomic E-state index is 0.0289. The molecule has 1 fully saturated rings. The fourth-order valence-electron chi connectivity index (χ4n) is 2.71. The van der Waals surface area contributed by atoms with Crippen LogP contribution in [0.1, 0.15) is 27.8 Å². The highest BCUT2D eigenvalue weighted by atomic mass is 16.5.